The number of ether oxygens (including phenoxy) is 3. The Bertz CT molecular complexity index is 1430. The molecule has 0 amide bonds. The molecule has 0 bridgehead atoms. The highest BCUT2D eigenvalue weighted by Crippen LogP contribution is 2.63. The first kappa shape index (κ1) is 22.2. The Labute approximate surface area is 207 Å². The van der Waals surface area contributed by atoms with Gasteiger partial charge in [0, 0.05) is 17.0 Å². The van der Waals surface area contributed by atoms with Crippen molar-refractivity contribution in [3.63, 3.8) is 0 Å². The summed E-state index contributed by atoms with van der Waals surface area (Å²) in [6, 6.07) is 14.6. The highest BCUT2D eigenvalue weighted by atomic mass is 16.7. The summed E-state index contributed by atoms with van der Waals surface area (Å²) < 4.78 is 20.3. The number of fused-ring (bicyclic) bond motifs is 7. The van der Waals surface area contributed by atoms with E-state index in [4.69, 9.17) is 14.2 Å². The van der Waals surface area contributed by atoms with E-state index in [9.17, 15) is 5.11 Å². The van der Waals surface area contributed by atoms with Crippen LogP contribution in [0.25, 0.3) is 0 Å². The molecule has 0 fully saturated rings. The van der Waals surface area contributed by atoms with Crippen LogP contribution in [0.15, 0.2) is 54.1 Å². The Morgan fingerprint density at radius 2 is 1.43 bits per heavy atom. The van der Waals surface area contributed by atoms with Crippen molar-refractivity contribution in [2.24, 2.45) is 0 Å². The van der Waals surface area contributed by atoms with E-state index in [2.05, 4.69) is 64.1 Å². The molecule has 4 heteroatoms. The van der Waals surface area contributed by atoms with Crippen LogP contribution < -0.4 is 14.2 Å². The van der Waals surface area contributed by atoms with Gasteiger partial charge in [-0.05, 0) is 82.9 Å². The van der Waals surface area contributed by atoms with Crippen molar-refractivity contribution in [2.75, 3.05) is 0 Å². The third kappa shape index (κ3) is 2.83. The third-order valence-electron chi connectivity index (χ3n) is 7.92. The number of hydrogen-bond donors (Lipinski definition) is 1. The second kappa shape index (κ2) is 7.14. The molecule has 0 unspecified atom stereocenters. The van der Waals surface area contributed by atoms with E-state index in [0.717, 1.165) is 50.3 Å². The Morgan fingerprint density at radius 3 is 2.14 bits per heavy atom. The zero-order chi connectivity index (χ0) is 24.9. The Morgan fingerprint density at radius 1 is 0.771 bits per heavy atom. The van der Waals surface area contributed by atoms with E-state index in [0.29, 0.717) is 11.5 Å². The molecule has 0 saturated heterocycles. The first-order valence-corrected chi connectivity index (χ1v) is 12.3. The van der Waals surface area contributed by atoms with E-state index in [1.807, 2.05) is 32.9 Å². The van der Waals surface area contributed by atoms with E-state index >= 15 is 0 Å². The van der Waals surface area contributed by atoms with Gasteiger partial charge in [-0.1, -0.05) is 53.1 Å². The molecule has 6 rings (SSSR count). The molecule has 3 aromatic carbocycles. The average Bonchev–Trinajstić information content (AvgIpc) is 3.26. The predicted molar refractivity (Wildman–Crippen MR) is 137 cm³/mol. The van der Waals surface area contributed by atoms with Crippen molar-refractivity contribution in [1.82, 2.24) is 0 Å². The summed E-state index contributed by atoms with van der Waals surface area (Å²) in [5, 5.41) is 12.4. The molecule has 3 aliphatic rings. The first-order valence-electron chi connectivity index (χ1n) is 12.3. The predicted octanol–water partition coefficient (Wildman–Crippen LogP) is 6.40. The Hall–Kier alpha value is -3.24. The van der Waals surface area contributed by atoms with Gasteiger partial charge in [0.2, 0.25) is 5.60 Å². The van der Waals surface area contributed by atoms with Crippen LogP contribution in [0.5, 0.6) is 17.2 Å². The van der Waals surface area contributed by atoms with E-state index in [1.165, 1.54) is 5.56 Å². The molecule has 1 aliphatic carbocycles. The summed E-state index contributed by atoms with van der Waals surface area (Å²) in [6.45, 7) is 14.3. The fraction of sp³-hybridized carbons (Fsp3) is 0.355. The van der Waals surface area contributed by atoms with Crippen molar-refractivity contribution in [2.45, 2.75) is 71.9 Å². The highest BCUT2D eigenvalue weighted by Gasteiger charge is 2.73. The van der Waals surface area contributed by atoms with Crippen LogP contribution in [-0.2, 0) is 5.60 Å². The van der Waals surface area contributed by atoms with Gasteiger partial charge in [-0.25, -0.2) is 0 Å². The van der Waals surface area contributed by atoms with Crippen molar-refractivity contribution in [1.29, 1.82) is 0 Å². The molecule has 1 N–H and O–H groups in total. The van der Waals surface area contributed by atoms with E-state index in [1.54, 1.807) is 0 Å². The van der Waals surface area contributed by atoms with Crippen LogP contribution >= 0.6 is 0 Å². The molecular weight excluding hydrogens is 436 g/mol. The molecule has 0 radical (unpaired) electrons. The Kier molecular flexibility index (Phi) is 4.54. The topological polar surface area (TPSA) is 47.9 Å². The normalized spacial score (nSPS) is 27.7. The van der Waals surface area contributed by atoms with Crippen LogP contribution in [0.4, 0.5) is 0 Å². The lowest BCUT2D eigenvalue weighted by molar-refractivity contribution is -0.242. The smallest absolute Gasteiger partial charge is 0.279 e. The summed E-state index contributed by atoms with van der Waals surface area (Å²) in [6.07, 6.45) is 1.60. The van der Waals surface area contributed by atoms with Gasteiger partial charge in [-0.3, -0.25) is 0 Å². The lowest BCUT2D eigenvalue weighted by atomic mass is 9.68. The Balaban J connectivity index is 1.66. The van der Waals surface area contributed by atoms with E-state index < -0.39 is 17.5 Å². The molecule has 2 heterocycles. The van der Waals surface area contributed by atoms with Crippen LogP contribution in [-0.4, -0.2) is 17.0 Å². The molecule has 180 valence electrons. The maximum Gasteiger partial charge on any atom is 0.279 e. The molecule has 35 heavy (non-hydrogen) atoms. The molecule has 0 aromatic heterocycles. The summed E-state index contributed by atoms with van der Waals surface area (Å²) in [4.78, 5) is 0. The summed E-state index contributed by atoms with van der Waals surface area (Å²) in [5.41, 5.74) is 7.91. The van der Waals surface area contributed by atoms with Gasteiger partial charge in [-0.15, -0.1) is 0 Å². The second-order valence-corrected chi connectivity index (χ2v) is 10.7. The fourth-order valence-electron chi connectivity index (χ4n) is 6.42. The van der Waals surface area contributed by atoms with Gasteiger partial charge in [0.1, 0.15) is 17.2 Å². The summed E-state index contributed by atoms with van der Waals surface area (Å²) in [5.74, 6) is 0.469. The first-order chi connectivity index (χ1) is 16.5. The van der Waals surface area contributed by atoms with Crippen LogP contribution in [0.1, 0.15) is 57.3 Å². The number of hydrogen-bond acceptors (Lipinski definition) is 4. The monoisotopic (exact) mass is 468 g/mol. The summed E-state index contributed by atoms with van der Waals surface area (Å²) in [7, 11) is 0. The van der Waals surface area contributed by atoms with Crippen molar-refractivity contribution in [3.05, 3.63) is 98.6 Å². The zero-order valence-electron chi connectivity index (χ0n) is 21.4. The van der Waals surface area contributed by atoms with Gasteiger partial charge in [0.05, 0.1) is 0 Å². The van der Waals surface area contributed by atoms with Crippen molar-refractivity contribution in [3.8, 4) is 17.2 Å². The SMILES string of the molecule is CC1=C[C@H]2c3cc(C)cc(C)c3O[C@H]2[C@]2(Oc3ccc(C)cc3C)c3cc(C)cc(C)c3O[C@]12O. The average molecular weight is 469 g/mol. The molecule has 4 atom stereocenters. The van der Waals surface area contributed by atoms with Gasteiger partial charge >= 0.3 is 0 Å². The molecule has 3 aromatic rings. The van der Waals surface area contributed by atoms with E-state index in [-0.39, 0.29) is 5.92 Å². The maximum atomic E-state index is 12.4. The number of aryl methyl sites for hydroxylation is 6. The van der Waals surface area contributed by atoms with Crippen LogP contribution in [0, 0.1) is 41.5 Å². The lowest BCUT2D eigenvalue weighted by Crippen LogP contribution is -2.66. The molecule has 0 spiro atoms. The van der Waals surface area contributed by atoms with Gasteiger partial charge in [0.15, 0.2) is 6.10 Å². The van der Waals surface area contributed by atoms with Crippen LogP contribution in [0.2, 0.25) is 0 Å². The second-order valence-electron chi connectivity index (χ2n) is 10.7. The third-order valence-corrected chi connectivity index (χ3v) is 7.92. The minimum absolute atomic E-state index is 0.0787. The van der Waals surface area contributed by atoms with Gasteiger partial charge < -0.3 is 19.3 Å². The van der Waals surface area contributed by atoms with Crippen molar-refractivity contribution >= 4 is 0 Å². The largest absolute Gasteiger partial charge is 0.484 e. The quantitative estimate of drug-likeness (QED) is 0.442. The van der Waals surface area contributed by atoms with Gasteiger partial charge in [-0.2, -0.15) is 0 Å². The van der Waals surface area contributed by atoms with Crippen molar-refractivity contribution < 1.29 is 19.3 Å². The molecule has 2 aliphatic heterocycles. The number of aliphatic hydroxyl groups is 1. The minimum Gasteiger partial charge on any atom is -0.484 e. The number of rotatable bonds is 2. The standard InChI is InChI=1S/C31H32O4/c1-16-8-9-26(19(4)10-16)34-30-25-14-18(3)12-21(6)28(25)35-31(30,32)22(7)15-24-23-13-17(2)11-20(5)27(23)33-29(24)30/h8-15,24,29,32H,1-7H3/t24-,29+,30+,31+/m0/s1. The lowest BCUT2D eigenvalue weighted by Gasteiger charge is -2.48. The molecular formula is C31H32O4. The molecule has 4 nitrogen and oxygen atoms in total. The zero-order valence-corrected chi connectivity index (χ0v) is 21.4. The number of benzene rings is 3. The van der Waals surface area contributed by atoms with Gasteiger partial charge in [0.25, 0.3) is 5.79 Å². The molecule has 0 saturated carbocycles. The summed E-state index contributed by atoms with van der Waals surface area (Å²) >= 11 is 0. The minimum atomic E-state index is -1.71. The van der Waals surface area contributed by atoms with Crippen LogP contribution in [0.3, 0.4) is 0 Å². The fourth-order valence-corrected chi connectivity index (χ4v) is 6.42. The highest BCUT2D eigenvalue weighted by molar-refractivity contribution is 5.61. The maximum absolute atomic E-state index is 12.4.